The van der Waals surface area contributed by atoms with Crippen molar-refractivity contribution in [2.24, 2.45) is 0 Å². The summed E-state index contributed by atoms with van der Waals surface area (Å²) in [4.78, 5) is 2.16. The number of halogens is 2. The lowest BCUT2D eigenvalue weighted by atomic mass is 10.0. The van der Waals surface area contributed by atoms with Gasteiger partial charge in [0.25, 0.3) is 0 Å². The molecule has 0 heterocycles. The van der Waals surface area contributed by atoms with Crippen molar-refractivity contribution in [2.45, 2.75) is 38.0 Å². The summed E-state index contributed by atoms with van der Waals surface area (Å²) in [6, 6.07) is 34.0. The zero-order chi connectivity index (χ0) is 29.7. The van der Waals surface area contributed by atoms with Crippen molar-refractivity contribution < 1.29 is 19.7 Å². The number of ether oxygens (including phenoxy) is 2. The van der Waals surface area contributed by atoms with Crippen LogP contribution in [-0.2, 0) is 17.6 Å². The van der Waals surface area contributed by atoms with Crippen LogP contribution < -0.4 is 4.74 Å². The van der Waals surface area contributed by atoms with Gasteiger partial charge in [0, 0.05) is 28.1 Å². The van der Waals surface area contributed by atoms with E-state index in [2.05, 4.69) is 67.9 Å². The molecule has 0 saturated heterocycles. The maximum atomic E-state index is 11.1. The van der Waals surface area contributed by atoms with Gasteiger partial charge in [0.15, 0.2) is 0 Å². The van der Waals surface area contributed by atoms with Gasteiger partial charge in [-0.15, -0.1) is 0 Å². The lowest BCUT2D eigenvalue weighted by molar-refractivity contribution is 0.0480. The number of nitrogens with zero attached hydrogens (tertiary/aromatic N) is 1. The Hall–Kier alpha value is -2.52. The van der Waals surface area contributed by atoms with Gasteiger partial charge in [-0.25, -0.2) is 0 Å². The summed E-state index contributed by atoms with van der Waals surface area (Å²) in [6.07, 6.45) is 0.278. The van der Waals surface area contributed by atoms with Crippen LogP contribution in [0.1, 0.15) is 41.4 Å². The van der Waals surface area contributed by atoms with Crippen molar-refractivity contribution in [3.05, 3.63) is 134 Å². The minimum absolute atomic E-state index is 0.0680. The molecule has 0 spiro atoms. The van der Waals surface area contributed by atoms with E-state index in [1.54, 1.807) is 0 Å². The lowest BCUT2D eigenvalue weighted by Crippen LogP contribution is -2.40. The number of aliphatic hydroxyl groups excluding tert-OH is 2. The van der Waals surface area contributed by atoms with Gasteiger partial charge in [-0.1, -0.05) is 98.6 Å². The van der Waals surface area contributed by atoms with Crippen LogP contribution in [0.5, 0.6) is 5.75 Å². The maximum Gasteiger partial charge on any atom is 0.119 e. The minimum Gasteiger partial charge on any atom is -0.491 e. The molecule has 0 fully saturated rings. The third-order valence-electron chi connectivity index (χ3n) is 7.23. The van der Waals surface area contributed by atoms with Crippen LogP contribution in [0.3, 0.4) is 0 Å². The molecule has 1 unspecified atom stereocenters. The molecule has 0 aromatic heterocycles. The predicted octanol–water partition coefficient (Wildman–Crippen LogP) is 7.55. The number of rotatable bonds is 16. The van der Waals surface area contributed by atoms with Crippen molar-refractivity contribution >= 4 is 31.9 Å². The standard InChI is InChI=1S/C35H39Br2NO4/c1-26(21-28-13-15-33(16-14-28)42-20-19-41-18-17-27-7-3-2-4-8-27)38(24-34(39)29-9-5-11-31(36)22-29)25-35(40)30-10-6-12-32(37)23-30/h2-16,22-23,26,34-35,39-40H,17-21,24-25H2,1H3/t26-,34+,35?/m1/s1. The minimum atomic E-state index is -0.689. The third-order valence-corrected chi connectivity index (χ3v) is 8.22. The molecule has 42 heavy (non-hydrogen) atoms. The van der Waals surface area contributed by atoms with Crippen molar-refractivity contribution in [3.8, 4) is 5.75 Å². The quantitative estimate of drug-likeness (QED) is 0.119. The Labute approximate surface area is 266 Å². The highest BCUT2D eigenvalue weighted by Crippen LogP contribution is 2.25. The first kappa shape index (κ1) is 32.4. The molecule has 4 rings (SSSR count). The second-order valence-electron chi connectivity index (χ2n) is 10.5. The van der Waals surface area contributed by atoms with E-state index in [-0.39, 0.29) is 6.04 Å². The molecule has 7 heteroatoms. The monoisotopic (exact) mass is 695 g/mol. The molecule has 0 radical (unpaired) electrons. The van der Waals surface area contributed by atoms with Gasteiger partial charge in [0.05, 0.1) is 25.4 Å². The van der Waals surface area contributed by atoms with Gasteiger partial charge in [-0.05, 0) is 78.4 Å². The average Bonchev–Trinajstić information content (AvgIpc) is 2.99. The van der Waals surface area contributed by atoms with Crippen molar-refractivity contribution in [1.29, 1.82) is 0 Å². The van der Waals surface area contributed by atoms with Gasteiger partial charge in [-0.2, -0.15) is 0 Å². The summed E-state index contributed by atoms with van der Waals surface area (Å²) >= 11 is 7.00. The first-order valence-electron chi connectivity index (χ1n) is 14.3. The maximum absolute atomic E-state index is 11.1. The number of hydrogen-bond acceptors (Lipinski definition) is 5. The summed E-state index contributed by atoms with van der Waals surface area (Å²) in [5.41, 5.74) is 4.10. The molecular weight excluding hydrogens is 658 g/mol. The van der Waals surface area contributed by atoms with E-state index in [9.17, 15) is 10.2 Å². The third kappa shape index (κ3) is 10.6. The Morgan fingerprint density at radius 1 is 0.667 bits per heavy atom. The molecule has 3 atom stereocenters. The summed E-state index contributed by atoms with van der Waals surface area (Å²) < 4.78 is 13.5. The molecule has 0 amide bonds. The summed E-state index contributed by atoms with van der Waals surface area (Å²) in [5.74, 6) is 0.810. The molecule has 0 bridgehead atoms. The van der Waals surface area contributed by atoms with Crippen LogP contribution >= 0.6 is 31.9 Å². The van der Waals surface area contributed by atoms with Crippen molar-refractivity contribution in [2.75, 3.05) is 32.9 Å². The molecule has 0 aliphatic heterocycles. The molecular formula is C35H39Br2NO4. The molecule has 5 nitrogen and oxygen atoms in total. The fourth-order valence-electron chi connectivity index (χ4n) is 4.86. The Balaban J connectivity index is 1.31. The molecule has 0 aliphatic carbocycles. The van der Waals surface area contributed by atoms with Gasteiger partial charge < -0.3 is 19.7 Å². The molecule has 4 aromatic rings. The van der Waals surface area contributed by atoms with E-state index >= 15 is 0 Å². The molecule has 0 aliphatic rings. The molecule has 4 aromatic carbocycles. The van der Waals surface area contributed by atoms with E-state index in [0.29, 0.717) is 32.9 Å². The fourth-order valence-corrected chi connectivity index (χ4v) is 5.70. The van der Waals surface area contributed by atoms with Gasteiger partial charge in [0.2, 0.25) is 0 Å². The Kier molecular flexibility index (Phi) is 13.1. The second kappa shape index (κ2) is 16.9. The van der Waals surface area contributed by atoms with Gasteiger partial charge in [-0.3, -0.25) is 4.90 Å². The van der Waals surface area contributed by atoms with Gasteiger partial charge >= 0.3 is 0 Å². The highest BCUT2D eigenvalue weighted by Gasteiger charge is 2.23. The van der Waals surface area contributed by atoms with Crippen LogP contribution in [0.25, 0.3) is 0 Å². The zero-order valence-electron chi connectivity index (χ0n) is 23.9. The van der Waals surface area contributed by atoms with Crippen LogP contribution in [-0.4, -0.2) is 54.1 Å². The Morgan fingerprint density at radius 2 is 1.26 bits per heavy atom. The van der Waals surface area contributed by atoms with E-state index in [1.807, 2.05) is 78.9 Å². The molecule has 222 valence electrons. The van der Waals surface area contributed by atoms with Crippen molar-refractivity contribution in [3.63, 3.8) is 0 Å². The molecule has 0 saturated carbocycles. The largest absolute Gasteiger partial charge is 0.491 e. The first-order chi connectivity index (χ1) is 20.4. The van der Waals surface area contributed by atoms with E-state index in [1.165, 1.54) is 5.56 Å². The fraction of sp³-hybridized carbons (Fsp3) is 0.314. The number of hydrogen-bond donors (Lipinski definition) is 2. The smallest absolute Gasteiger partial charge is 0.119 e. The van der Waals surface area contributed by atoms with Crippen LogP contribution in [0.15, 0.2) is 112 Å². The number of aliphatic hydroxyl groups is 2. The highest BCUT2D eigenvalue weighted by molar-refractivity contribution is 9.10. The Bertz CT molecular complexity index is 1300. The lowest BCUT2D eigenvalue weighted by Gasteiger charge is -2.33. The summed E-state index contributed by atoms with van der Waals surface area (Å²) in [7, 11) is 0. The molecule has 2 N–H and O–H groups in total. The van der Waals surface area contributed by atoms with Crippen LogP contribution in [0.4, 0.5) is 0 Å². The zero-order valence-corrected chi connectivity index (χ0v) is 27.1. The van der Waals surface area contributed by atoms with E-state index in [0.717, 1.165) is 44.2 Å². The Morgan fingerprint density at radius 3 is 1.83 bits per heavy atom. The first-order valence-corrected chi connectivity index (χ1v) is 15.9. The summed E-state index contributed by atoms with van der Waals surface area (Å²) in [6.45, 7) is 4.65. The highest BCUT2D eigenvalue weighted by atomic mass is 79.9. The second-order valence-corrected chi connectivity index (χ2v) is 12.3. The van der Waals surface area contributed by atoms with E-state index < -0.39 is 12.2 Å². The van der Waals surface area contributed by atoms with Crippen LogP contribution in [0.2, 0.25) is 0 Å². The predicted molar refractivity (Wildman–Crippen MR) is 176 cm³/mol. The SMILES string of the molecule is C[C@H](Cc1ccc(OCCOCCc2ccccc2)cc1)N(CC(O)c1cccc(Br)c1)C[C@H](O)c1cccc(Br)c1. The van der Waals surface area contributed by atoms with Gasteiger partial charge in [0.1, 0.15) is 12.4 Å². The average molecular weight is 698 g/mol. The normalized spacial score (nSPS) is 13.6. The summed E-state index contributed by atoms with van der Waals surface area (Å²) in [5, 5.41) is 22.2. The van der Waals surface area contributed by atoms with Crippen LogP contribution in [0, 0.1) is 0 Å². The van der Waals surface area contributed by atoms with Crippen molar-refractivity contribution in [1.82, 2.24) is 4.90 Å². The topological polar surface area (TPSA) is 62.2 Å². The van der Waals surface area contributed by atoms with E-state index in [4.69, 9.17) is 9.47 Å². The number of benzene rings is 4.